The number of piperazine rings is 1. The number of methoxy groups -OCH3 is 2. The number of amides is 2. The number of hydrogen-bond donors (Lipinski definition) is 1. The predicted octanol–water partition coefficient (Wildman–Crippen LogP) is 4.68. The second-order valence-corrected chi connectivity index (χ2v) is 8.71. The van der Waals surface area contributed by atoms with Crippen LogP contribution in [0.2, 0.25) is 0 Å². The van der Waals surface area contributed by atoms with Gasteiger partial charge in [-0.3, -0.25) is 9.59 Å². The Kier molecular flexibility index (Phi) is 7.37. The summed E-state index contributed by atoms with van der Waals surface area (Å²) in [6.45, 7) is 2.78. The van der Waals surface area contributed by atoms with Crippen molar-refractivity contribution in [3.05, 3.63) is 82.3 Å². The van der Waals surface area contributed by atoms with Gasteiger partial charge in [0.05, 0.1) is 18.7 Å². The molecule has 1 aliphatic heterocycles. The highest BCUT2D eigenvalue weighted by atomic mass is 79.9. The van der Waals surface area contributed by atoms with E-state index in [0.717, 1.165) is 29.0 Å². The summed E-state index contributed by atoms with van der Waals surface area (Å²) >= 11 is 3.41. The summed E-state index contributed by atoms with van der Waals surface area (Å²) in [5.41, 5.74) is 2.98. The first-order chi connectivity index (χ1) is 16.5. The maximum Gasteiger partial charge on any atom is 0.255 e. The lowest BCUT2D eigenvalue weighted by atomic mass is 10.1. The quantitative estimate of drug-likeness (QED) is 0.507. The molecule has 34 heavy (non-hydrogen) atoms. The molecule has 0 radical (unpaired) electrons. The van der Waals surface area contributed by atoms with Crippen molar-refractivity contribution in [2.24, 2.45) is 0 Å². The van der Waals surface area contributed by atoms with Crippen molar-refractivity contribution in [1.29, 1.82) is 0 Å². The van der Waals surface area contributed by atoms with Gasteiger partial charge in [0.15, 0.2) is 0 Å². The number of carbonyl (C=O) groups excluding carboxylic acids is 2. The number of anilines is 2. The highest BCUT2D eigenvalue weighted by molar-refractivity contribution is 9.10. The van der Waals surface area contributed by atoms with E-state index >= 15 is 0 Å². The normalized spacial score (nSPS) is 13.4. The molecule has 0 unspecified atom stereocenters. The first-order valence-electron chi connectivity index (χ1n) is 10.9. The molecule has 1 aliphatic rings. The van der Waals surface area contributed by atoms with Crippen molar-refractivity contribution < 1.29 is 19.1 Å². The lowest BCUT2D eigenvalue weighted by Gasteiger charge is -2.36. The Balaban J connectivity index is 1.32. The van der Waals surface area contributed by atoms with E-state index in [1.165, 1.54) is 0 Å². The Labute approximate surface area is 207 Å². The minimum absolute atomic E-state index is 0.0329. The second kappa shape index (κ2) is 10.6. The third-order valence-electron chi connectivity index (χ3n) is 5.81. The van der Waals surface area contributed by atoms with E-state index in [1.54, 1.807) is 56.7 Å². The summed E-state index contributed by atoms with van der Waals surface area (Å²) in [6, 6.07) is 20.2. The number of rotatable bonds is 6. The van der Waals surface area contributed by atoms with Gasteiger partial charge in [-0.2, -0.15) is 0 Å². The summed E-state index contributed by atoms with van der Waals surface area (Å²) < 4.78 is 11.1. The van der Waals surface area contributed by atoms with Gasteiger partial charge in [-0.25, -0.2) is 0 Å². The predicted molar refractivity (Wildman–Crippen MR) is 136 cm³/mol. The van der Waals surface area contributed by atoms with Gasteiger partial charge in [-0.15, -0.1) is 0 Å². The van der Waals surface area contributed by atoms with Crippen LogP contribution < -0.4 is 19.7 Å². The number of hydrogen-bond acceptors (Lipinski definition) is 5. The third kappa shape index (κ3) is 5.34. The van der Waals surface area contributed by atoms with E-state index in [4.69, 9.17) is 9.47 Å². The zero-order chi connectivity index (χ0) is 24.1. The van der Waals surface area contributed by atoms with Gasteiger partial charge in [0.2, 0.25) is 0 Å². The van der Waals surface area contributed by atoms with E-state index in [0.29, 0.717) is 35.7 Å². The largest absolute Gasteiger partial charge is 0.497 e. The van der Waals surface area contributed by atoms with Crippen molar-refractivity contribution in [1.82, 2.24) is 4.90 Å². The number of nitrogens with one attached hydrogen (secondary N) is 1. The van der Waals surface area contributed by atoms with Crippen LogP contribution in [0.4, 0.5) is 11.4 Å². The molecule has 0 aromatic heterocycles. The average Bonchev–Trinajstić information content (AvgIpc) is 2.89. The van der Waals surface area contributed by atoms with E-state index in [-0.39, 0.29) is 11.8 Å². The molecule has 3 aromatic carbocycles. The minimum Gasteiger partial charge on any atom is -0.497 e. The fourth-order valence-electron chi connectivity index (χ4n) is 3.85. The Morgan fingerprint density at radius 3 is 2.06 bits per heavy atom. The van der Waals surface area contributed by atoms with Gasteiger partial charge in [0, 0.05) is 48.7 Å². The van der Waals surface area contributed by atoms with Crippen LogP contribution in [0.25, 0.3) is 0 Å². The van der Waals surface area contributed by atoms with E-state index < -0.39 is 0 Å². The molecule has 3 aromatic rings. The van der Waals surface area contributed by atoms with Gasteiger partial charge in [-0.1, -0.05) is 0 Å². The van der Waals surface area contributed by atoms with Crippen LogP contribution in [0.15, 0.2) is 71.2 Å². The van der Waals surface area contributed by atoms with E-state index in [1.807, 2.05) is 29.2 Å². The summed E-state index contributed by atoms with van der Waals surface area (Å²) in [6.07, 6.45) is 0. The van der Waals surface area contributed by atoms with E-state index in [2.05, 4.69) is 26.1 Å². The van der Waals surface area contributed by atoms with Crippen LogP contribution >= 0.6 is 15.9 Å². The summed E-state index contributed by atoms with van der Waals surface area (Å²) in [7, 11) is 3.19. The number of ether oxygens (including phenoxy) is 2. The Morgan fingerprint density at radius 2 is 1.47 bits per heavy atom. The summed E-state index contributed by atoms with van der Waals surface area (Å²) in [4.78, 5) is 29.5. The molecule has 1 saturated heterocycles. The van der Waals surface area contributed by atoms with Gasteiger partial charge in [0.1, 0.15) is 11.5 Å². The molecule has 1 N–H and O–H groups in total. The van der Waals surface area contributed by atoms with Crippen LogP contribution in [0.5, 0.6) is 11.5 Å². The molecule has 2 amide bonds. The maximum atomic E-state index is 12.8. The molecule has 8 heteroatoms. The topological polar surface area (TPSA) is 71.1 Å². The number of benzene rings is 3. The molecule has 1 fully saturated rings. The zero-order valence-electron chi connectivity index (χ0n) is 19.1. The van der Waals surface area contributed by atoms with Crippen molar-refractivity contribution in [2.45, 2.75) is 0 Å². The smallest absolute Gasteiger partial charge is 0.255 e. The fraction of sp³-hybridized carbons (Fsp3) is 0.231. The van der Waals surface area contributed by atoms with E-state index in [9.17, 15) is 9.59 Å². The maximum absolute atomic E-state index is 12.8. The number of carbonyl (C=O) groups is 2. The molecule has 4 rings (SSSR count). The lowest BCUT2D eigenvalue weighted by Crippen LogP contribution is -2.48. The van der Waals surface area contributed by atoms with Crippen molar-refractivity contribution in [3.63, 3.8) is 0 Å². The second-order valence-electron chi connectivity index (χ2n) is 7.86. The van der Waals surface area contributed by atoms with Crippen LogP contribution in [-0.4, -0.2) is 57.1 Å². The lowest BCUT2D eigenvalue weighted by molar-refractivity contribution is 0.0746. The SMILES string of the molecule is COc1ccc(C(=O)N2CCN(c3ccc(NC(=O)c4ccc(OC)c(Br)c4)cc3)CC2)cc1. The Bertz CT molecular complexity index is 1160. The molecule has 0 saturated carbocycles. The highest BCUT2D eigenvalue weighted by Crippen LogP contribution is 2.26. The van der Waals surface area contributed by atoms with Gasteiger partial charge in [-0.05, 0) is 82.7 Å². The molecule has 0 aliphatic carbocycles. The van der Waals surface area contributed by atoms with Crippen LogP contribution in [-0.2, 0) is 0 Å². The zero-order valence-corrected chi connectivity index (χ0v) is 20.7. The molecule has 0 atom stereocenters. The monoisotopic (exact) mass is 523 g/mol. The number of nitrogens with zero attached hydrogens (tertiary/aromatic N) is 2. The molecule has 7 nitrogen and oxygen atoms in total. The Morgan fingerprint density at radius 1 is 0.824 bits per heavy atom. The molecular weight excluding hydrogens is 498 g/mol. The molecule has 1 heterocycles. The molecule has 0 spiro atoms. The van der Waals surface area contributed by atoms with Crippen molar-refractivity contribution in [3.8, 4) is 11.5 Å². The minimum atomic E-state index is -0.193. The van der Waals surface area contributed by atoms with Crippen molar-refractivity contribution >= 4 is 39.1 Å². The Hall–Kier alpha value is -3.52. The first-order valence-corrected chi connectivity index (χ1v) is 11.7. The van der Waals surface area contributed by atoms with Gasteiger partial charge in [0.25, 0.3) is 11.8 Å². The summed E-state index contributed by atoms with van der Waals surface area (Å²) in [5.74, 6) is 1.25. The number of halogens is 1. The standard InChI is InChI=1S/C26H26BrN3O4/c1-33-22-10-3-18(4-11-22)26(32)30-15-13-29(14-16-30)21-8-6-20(7-9-21)28-25(31)19-5-12-24(34-2)23(27)17-19/h3-12,17H,13-16H2,1-2H3,(H,28,31). The van der Waals surface area contributed by atoms with Gasteiger partial charge < -0.3 is 24.6 Å². The molecular formula is C26H26BrN3O4. The molecule has 176 valence electrons. The third-order valence-corrected chi connectivity index (χ3v) is 6.43. The first kappa shape index (κ1) is 23.6. The van der Waals surface area contributed by atoms with Crippen LogP contribution in [0, 0.1) is 0 Å². The van der Waals surface area contributed by atoms with Crippen molar-refractivity contribution in [2.75, 3.05) is 50.6 Å². The summed E-state index contributed by atoms with van der Waals surface area (Å²) in [5, 5.41) is 2.92. The van der Waals surface area contributed by atoms with Crippen LogP contribution in [0.1, 0.15) is 20.7 Å². The van der Waals surface area contributed by atoms with Gasteiger partial charge >= 0.3 is 0 Å². The average molecular weight is 524 g/mol. The molecule has 0 bridgehead atoms. The van der Waals surface area contributed by atoms with Crippen LogP contribution in [0.3, 0.4) is 0 Å². The highest BCUT2D eigenvalue weighted by Gasteiger charge is 2.22. The fourth-order valence-corrected chi connectivity index (χ4v) is 4.39.